The Kier molecular flexibility index (Phi) is 5.16. The molecule has 5 nitrogen and oxygen atoms in total. The van der Waals surface area contributed by atoms with E-state index >= 15 is 0 Å². The number of nitrogens with zero attached hydrogens (tertiary/aromatic N) is 1. The van der Waals surface area contributed by atoms with Crippen LogP contribution in [-0.2, 0) is 11.2 Å². The number of nitro benzene ring substituents is 1. The molecule has 3 saturated carbocycles. The third kappa shape index (κ3) is 3.28. The van der Waals surface area contributed by atoms with Crippen molar-refractivity contribution in [1.82, 2.24) is 0 Å². The largest absolute Gasteiger partial charge is 0.393 e. The van der Waals surface area contributed by atoms with Gasteiger partial charge >= 0.3 is 0 Å². The van der Waals surface area contributed by atoms with Crippen molar-refractivity contribution in [2.24, 2.45) is 28.6 Å². The number of carbonyl (C=O) groups is 1. The summed E-state index contributed by atoms with van der Waals surface area (Å²) in [5, 5.41) is 21.6. The number of non-ortho nitro benzene ring substituents is 1. The number of carbonyl (C=O) groups excluding carboxylic acids is 1. The molecule has 1 N–H and O–H groups in total. The molecule has 0 aromatic heterocycles. The average Bonchev–Trinajstić information content (AvgIpc) is 3.07. The van der Waals surface area contributed by atoms with Gasteiger partial charge in [0.05, 0.1) is 11.0 Å². The van der Waals surface area contributed by atoms with Crippen LogP contribution in [0.5, 0.6) is 0 Å². The maximum atomic E-state index is 12.9. The van der Waals surface area contributed by atoms with Crippen LogP contribution in [0.3, 0.4) is 0 Å². The minimum absolute atomic E-state index is 0.0208. The van der Waals surface area contributed by atoms with Crippen LogP contribution in [0.2, 0.25) is 0 Å². The first kappa shape index (κ1) is 21.6. The SMILES string of the molecule is C[C@]12CC[C@H]3[C@@H](CCC4=CC(=O)C(=CCc5ccc([N+](=O)[O-])cc5)C[C@@]43C)[C@@H]1CC[C@@H]2O. The van der Waals surface area contributed by atoms with E-state index in [1.807, 2.05) is 12.2 Å². The Bertz CT molecular complexity index is 1010. The fourth-order valence-electron chi connectivity index (χ4n) is 7.68. The van der Waals surface area contributed by atoms with Gasteiger partial charge < -0.3 is 5.11 Å². The van der Waals surface area contributed by atoms with E-state index in [2.05, 4.69) is 13.8 Å². The number of ketones is 1. The van der Waals surface area contributed by atoms with E-state index in [1.165, 1.54) is 17.7 Å². The number of benzene rings is 1. The molecule has 5 heteroatoms. The Morgan fingerprint density at radius 1 is 1.12 bits per heavy atom. The molecule has 0 unspecified atom stereocenters. The molecule has 0 heterocycles. The summed E-state index contributed by atoms with van der Waals surface area (Å²) in [5.41, 5.74) is 3.37. The average molecular weight is 436 g/mol. The minimum Gasteiger partial charge on any atom is -0.393 e. The second-order valence-electron chi connectivity index (χ2n) is 11.0. The lowest BCUT2D eigenvalue weighted by molar-refractivity contribution is -0.384. The fourth-order valence-corrected chi connectivity index (χ4v) is 7.68. The highest BCUT2D eigenvalue weighted by Gasteiger charge is 2.59. The Labute approximate surface area is 189 Å². The van der Waals surface area contributed by atoms with E-state index < -0.39 is 4.92 Å². The molecule has 4 aliphatic carbocycles. The van der Waals surface area contributed by atoms with Gasteiger partial charge in [-0.05, 0) is 97.2 Å². The van der Waals surface area contributed by atoms with E-state index in [-0.39, 0.29) is 28.4 Å². The number of fused-ring (bicyclic) bond motifs is 5. The molecule has 0 saturated heterocycles. The van der Waals surface area contributed by atoms with Crippen LogP contribution >= 0.6 is 0 Å². The molecular weight excluding hydrogens is 402 g/mol. The summed E-state index contributed by atoms with van der Waals surface area (Å²) in [6.07, 6.45) is 11.6. The van der Waals surface area contributed by atoms with Crippen LogP contribution in [0.1, 0.15) is 64.4 Å². The highest BCUT2D eigenvalue weighted by molar-refractivity contribution is 6.05. The van der Waals surface area contributed by atoms with Crippen LogP contribution in [0.25, 0.3) is 0 Å². The predicted molar refractivity (Wildman–Crippen MR) is 123 cm³/mol. The zero-order chi connectivity index (χ0) is 22.7. The quantitative estimate of drug-likeness (QED) is 0.382. The van der Waals surface area contributed by atoms with Crippen LogP contribution < -0.4 is 0 Å². The Morgan fingerprint density at radius 3 is 2.59 bits per heavy atom. The normalized spacial score (nSPS) is 39.8. The zero-order valence-corrected chi connectivity index (χ0v) is 19.0. The molecule has 170 valence electrons. The first-order chi connectivity index (χ1) is 15.2. The molecular formula is C27H33NO4. The smallest absolute Gasteiger partial charge is 0.269 e. The molecule has 1 aromatic rings. The summed E-state index contributed by atoms with van der Waals surface area (Å²) < 4.78 is 0. The number of hydrogen-bond acceptors (Lipinski definition) is 4. The second kappa shape index (κ2) is 7.65. The van der Waals surface area contributed by atoms with Gasteiger partial charge in [0.1, 0.15) is 0 Å². The number of allylic oxidation sites excluding steroid dienone is 3. The van der Waals surface area contributed by atoms with Crippen molar-refractivity contribution in [3.63, 3.8) is 0 Å². The molecule has 0 amide bonds. The van der Waals surface area contributed by atoms with Gasteiger partial charge in [0.25, 0.3) is 5.69 Å². The summed E-state index contributed by atoms with van der Waals surface area (Å²) in [4.78, 5) is 23.4. The monoisotopic (exact) mass is 435 g/mol. The molecule has 0 aliphatic heterocycles. The van der Waals surface area contributed by atoms with Gasteiger partial charge in [0, 0.05) is 12.1 Å². The molecule has 0 radical (unpaired) electrons. The van der Waals surface area contributed by atoms with Crippen LogP contribution in [0.15, 0.2) is 47.6 Å². The van der Waals surface area contributed by atoms with E-state index in [1.54, 1.807) is 12.1 Å². The van der Waals surface area contributed by atoms with Crippen molar-refractivity contribution in [2.75, 3.05) is 0 Å². The van der Waals surface area contributed by atoms with Crippen molar-refractivity contribution in [3.8, 4) is 0 Å². The van der Waals surface area contributed by atoms with Gasteiger partial charge in [-0.15, -0.1) is 0 Å². The van der Waals surface area contributed by atoms with Crippen molar-refractivity contribution in [3.05, 3.63) is 63.2 Å². The predicted octanol–water partition coefficient (Wildman–Crippen LogP) is 5.57. The third-order valence-electron chi connectivity index (χ3n) is 9.60. The van der Waals surface area contributed by atoms with Gasteiger partial charge in [0.2, 0.25) is 0 Å². The second-order valence-corrected chi connectivity index (χ2v) is 11.0. The highest BCUT2D eigenvalue weighted by atomic mass is 16.6. The Balaban J connectivity index is 1.39. The van der Waals surface area contributed by atoms with Gasteiger partial charge in [-0.2, -0.15) is 0 Å². The fraction of sp³-hybridized carbons (Fsp3) is 0.593. The summed E-state index contributed by atoms with van der Waals surface area (Å²) in [6, 6.07) is 6.60. The molecule has 5 rings (SSSR count). The number of hydrogen-bond donors (Lipinski definition) is 1. The van der Waals surface area contributed by atoms with Gasteiger partial charge in [0.15, 0.2) is 5.78 Å². The highest BCUT2D eigenvalue weighted by Crippen LogP contribution is 2.65. The molecule has 1 aromatic carbocycles. The van der Waals surface area contributed by atoms with Gasteiger partial charge in [-0.3, -0.25) is 14.9 Å². The molecule has 4 aliphatic rings. The van der Waals surface area contributed by atoms with Crippen molar-refractivity contribution in [2.45, 2.75) is 71.3 Å². The Hall–Kier alpha value is -2.27. The lowest BCUT2D eigenvalue weighted by Crippen LogP contribution is -2.51. The lowest BCUT2D eigenvalue weighted by atomic mass is 9.47. The Morgan fingerprint density at radius 2 is 1.88 bits per heavy atom. The zero-order valence-electron chi connectivity index (χ0n) is 19.0. The maximum Gasteiger partial charge on any atom is 0.269 e. The van der Waals surface area contributed by atoms with Gasteiger partial charge in [-0.1, -0.05) is 37.6 Å². The van der Waals surface area contributed by atoms with E-state index in [4.69, 9.17) is 0 Å². The minimum atomic E-state index is -0.391. The number of rotatable bonds is 3. The van der Waals surface area contributed by atoms with Crippen molar-refractivity contribution in [1.29, 1.82) is 0 Å². The summed E-state index contributed by atoms with van der Waals surface area (Å²) in [5.74, 6) is 1.94. The lowest BCUT2D eigenvalue weighted by Gasteiger charge is -2.57. The maximum absolute atomic E-state index is 12.9. The van der Waals surface area contributed by atoms with E-state index in [0.717, 1.165) is 56.1 Å². The first-order valence-corrected chi connectivity index (χ1v) is 12.1. The number of aliphatic hydroxyl groups is 1. The summed E-state index contributed by atoms with van der Waals surface area (Å²) >= 11 is 0. The van der Waals surface area contributed by atoms with Crippen LogP contribution in [-0.4, -0.2) is 21.9 Å². The third-order valence-corrected chi connectivity index (χ3v) is 9.60. The topological polar surface area (TPSA) is 80.4 Å². The first-order valence-electron chi connectivity index (χ1n) is 12.1. The molecule has 0 bridgehead atoms. The van der Waals surface area contributed by atoms with Crippen molar-refractivity contribution >= 4 is 11.5 Å². The van der Waals surface area contributed by atoms with E-state index in [9.17, 15) is 20.0 Å². The molecule has 0 spiro atoms. The number of nitro groups is 1. The summed E-state index contributed by atoms with van der Waals surface area (Å²) in [6.45, 7) is 4.68. The van der Waals surface area contributed by atoms with Crippen LogP contribution in [0.4, 0.5) is 5.69 Å². The van der Waals surface area contributed by atoms with Crippen LogP contribution in [0, 0.1) is 38.7 Å². The molecule has 32 heavy (non-hydrogen) atoms. The molecule has 3 fully saturated rings. The summed E-state index contributed by atoms with van der Waals surface area (Å²) in [7, 11) is 0. The standard InChI is InChI=1S/C27H33NO4/c1-26-14-13-23-21(22(26)11-12-25(26)30)10-7-19-15-24(29)18(16-27(19,23)2)6-3-17-4-8-20(9-5-17)28(31)32/h4-6,8-9,15,21-23,25,30H,3,7,10-14,16H2,1-2H3/t21-,22-,23-,25-,26-,27-/m0/s1. The van der Waals surface area contributed by atoms with E-state index in [0.29, 0.717) is 24.2 Å². The van der Waals surface area contributed by atoms with Crippen molar-refractivity contribution < 1.29 is 14.8 Å². The molecule has 6 atom stereocenters. The van der Waals surface area contributed by atoms with Gasteiger partial charge in [-0.25, -0.2) is 0 Å². The number of aliphatic hydroxyl groups excluding tert-OH is 1.